The molecular weight excluding hydrogens is 167 g/mol. The van der Waals surface area contributed by atoms with Crippen LogP contribution in [0.5, 0.6) is 0 Å². The van der Waals surface area contributed by atoms with Crippen molar-refractivity contribution in [2.45, 2.75) is 6.42 Å². The average molecular weight is 175 g/mol. The van der Waals surface area contributed by atoms with Crippen LogP contribution < -0.4 is 11.3 Å². The summed E-state index contributed by atoms with van der Waals surface area (Å²) in [6.45, 7) is 0. The first-order valence-electron chi connectivity index (χ1n) is 3.13. The quantitative estimate of drug-likeness (QED) is 0.469. The summed E-state index contributed by atoms with van der Waals surface area (Å²) in [5.41, 5.74) is 3.11. The Hall–Kier alpha value is -0.800. The predicted molar refractivity (Wildman–Crippen MR) is 43.2 cm³/mol. The highest BCUT2D eigenvalue weighted by atomic mass is 35.5. The van der Waals surface area contributed by atoms with Gasteiger partial charge in [0.15, 0.2) is 0 Å². The van der Waals surface area contributed by atoms with Crippen LogP contribution in [0.3, 0.4) is 0 Å². The van der Waals surface area contributed by atoms with Crippen LogP contribution in [-0.2, 0) is 0 Å². The van der Waals surface area contributed by atoms with Crippen LogP contribution in [-0.4, -0.2) is 0 Å². The zero-order valence-electron chi connectivity index (χ0n) is 5.77. The first-order chi connectivity index (χ1) is 5.24. The number of hydrogen-bond acceptors (Lipinski definition) is 2. The molecular formula is C7H8ClFN2. The Morgan fingerprint density at radius 3 is 3.00 bits per heavy atom. The molecule has 1 rings (SSSR count). The smallest absolute Gasteiger partial charge is 0.141 e. The summed E-state index contributed by atoms with van der Waals surface area (Å²) in [4.78, 5) is 0. The molecule has 0 aromatic carbocycles. The van der Waals surface area contributed by atoms with Gasteiger partial charge in [0.2, 0.25) is 0 Å². The number of rotatable bonds is 1. The Morgan fingerprint density at radius 2 is 2.36 bits per heavy atom. The highest BCUT2D eigenvalue weighted by molar-refractivity contribution is 6.31. The van der Waals surface area contributed by atoms with E-state index in [-0.39, 0.29) is 5.03 Å². The molecule has 0 aromatic heterocycles. The van der Waals surface area contributed by atoms with Gasteiger partial charge in [-0.2, -0.15) is 0 Å². The van der Waals surface area contributed by atoms with Gasteiger partial charge in [-0.1, -0.05) is 17.7 Å². The van der Waals surface area contributed by atoms with Crippen LogP contribution in [0, 0.1) is 0 Å². The second-order valence-electron chi connectivity index (χ2n) is 2.12. The maximum Gasteiger partial charge on any atom is 0.141 e. The van der Waals surface area contributed by atoms with E-state index >= 15 is 0 Å². The van der Waals surface area contributed by atoms with E-state index in [2.05, 4.69) is 5.43 Å². The Labute approximate surface area is 69.2 Å². The van der Waals surface area contributed by atoms with Crippen molar-refractivity contribution in [3.05, 3.63) is 34.8 Å². The predicted octanol–water partition coefficient (Wildman–Crippen LogP) is 1.71. The van der Waals surface area contributed by atoms with Crippen molar-refractivity contribution in [3.8, 4) is 0 Å². The second kappa shape index (κ2) is 3.55. The number of nitrogens with two attached hydrogens (primary N) is 1. The number of nitrogens with one attached hydrogen (secondary N) is 1. The molecule has 0 saturated heterocycles. The SMILES string of the molecule is NNC1=CC(Cl)=C(F)C=CC1. The minimum Gasteiger partial charge on any atom is -0.328 e. The molecule has 1 aliphatic rings. The lowest BCUT2D eigenvalue weighted by Gasteiger charge is -1.99. The van der Waals surface area contributed by atoms with Crippen molar-refractivity contribution in [2.24, 2.45) is 5.84 Å². The second-order valence-corrected chi connectivity index (χ2v) is 2.52. The zero-order chi connectivity index (χ0) is 8.27. The van der Waals surface area contributed by atoms with E-state index in [4.69, 9.17) is 17.4 Å². The maximum absolute atomic E-state index is 12.7. The molecule has 4 heteroatoms. The molecule has 3 N–H and O–H groups in total. The molecule has 1 aliphatic carbocycles. The summed E-state index contributed by atoms with van der Waals surface area (Å²) >= 11 is 5.53. The van der Waals surface area contributed by atoms with Gasteiger partial charge in [-0.25, -0.2) is 4.39 Å². The normalized spacial score (nSPS) is 17.9. The van der Waals surface area contributed by atoms with Gasteiger partial charge in [0.25, 0.3) is 0 Å². The third-order valence-electron chi connectivity index (χ3n) is 1.32. The Morgan fingerprint density at radius 1 is 1.64 bits per heavy atom. The molecule has 2 nitrogen and oxygen atoms in total. The molecule has 0 heterocycles. The van der Waals surface area contributed by atoms with Gasteiger partial charge in [-0.15, -0.1) is 0 Å². The standard InChI is InChI=1S/C7H8ClFN2/c8-6-4-5(11-10)2-1-3-7(6)9/h1,3-4,11H,2,10H2. The van der Waals surface area contributed by atoms with E-state index in [0.29, 0.717) is 12.1 Å². The average Bonchev–Trinajstić information content (AvgIpc) is 2.15. The summed E-state index contributed by atoms with van der Waals surface area (Å²) in [5.74, 6) is 4.69. The monoisotopic (exact) mass is 174 g/mol. The summed E-state index contributed by atoms with van der Waals surface area (Å²) in [6, 6.07) is 0. The zero-order valence-corrected chi connectivity index (χ0v) is 6.53. The third-order valence-corrected chi connectivity index (χ3v) is 1.61. The van der Waals surface area contributed by atoms with Gasteiger partial charge in [-0.05, 0) is 12.2 Å². The topological polar surface area (TPSA) is 38.0 Å². The number of hydrogen-bond donors (Lipinski definition) is 2. The largest absolute Gasteiger partial charge is 0.328 e. The molecule has 0 fully saturated rings. The summed E-state index contributed by atoms with van der Waals surface area (Å²) in [6.07, 6.45) is 5.01. The van der Waals surface area contributed by atoms with Crippen LogP contribution in [0.25, 0.3) is 0 Å². The minimum absolute atomic E-state index is 0.0756. The lowest BCUT2D eigenvalue weighted by molar-refractivity contribution is 0.664. The minimum atomic E-state index is -0.433. The molecule has 0 bridgehead atoms. The maximum atomic E-state index is 12.7. The molecule has 0 aliphatic heterocycles. The summed E-state index contributed by atoms with van der Waals surface area (Å²) in [5, 5.41) is 0.0756. The first-order valence-corrected chi connectivity index (χ1v) is 3.51. The van der Waals surface area contributed by atoms with Crippen molar-refractivity contribution in [3.63, 3.8) is 0 Å². The van der Waals surface area contributed by atoms with Gasteiger partial charge in [0.05, 0.1) is 5.03 Å². The van der Waals surface area contributed by atoms with Crippen molar-refractivity contribution >= 4 is 11.6 Å². The van der Waals surface area contributed by atoms with E-state index in [1.165, 1.54) is 12.2 Å². The molecule has 0 unspecified atom stereocenters. The lowest BCUT2D eigenvalue weighted by Crippen LogP contribution is -2.20. The number of halogens is 2. The lowest BCUT2D eigenvalue weighted by atomic mass is 10.3. The van der Waals surface area contributed by atoms with Crippen molar-refractivity contribution < 1.29 is 4.39 Å². The Balaban J connectivity index is 2.92. The molecule has 0 radical (unpaired) electrons. The van der Waals surface area contributed by atoms with Gasteiger partial charge in [-0.3, -0.25) is 5.84 Å². The van der Waals surface area contributed by atoms with E-state index in [1.807, 2.05) is 0 Å². The molecule has 0 amide bonds. The molecule has 0 spiro atoms. The number of allylic oxidation sites excluding steroid dienone is 5. The fraction of sp³-hybridized carbons (Fsp3) is 0.143. The van der Waals surface area contributed by atoms with E-state index in [0.717, 1.165) is 0 Å². The van der Waals surface area contributed by atoms with E-state index < -0.39 is 5.83 Å². The van der Waals surface area contributed by atoms with Crippen LogP contribution in [0.1, 0.15) is 6.42 Å². The molecule has 0 saturated carbocycles. The van der Waals surface area contributed by atoms with Crippen molar-refractivity contribution in [1.82, 2.24) is 5.43 Å². The third kappa shape index (κ3) is 2.06. The molecule has 0 atom stereocenters. The molecule has 11 heavy (non-hydrogen) atoms. The van der Waals surface area contributed by atoms with Gasteiger partial charge < -0.3 is 5.43 Å². The van der Waals surface area contributed by atoms with Gasteiger partial charge >= 0.3 is 0 Å². The van der Waals surface area contributed by atoms with Crippen LogP contribution in [0.4, 0.5) is 4.39 Å². The van der Waals surface area contributed by atoms with Crippen molar-refractivity contribution in [2.75, 3.05) is 0 Å². The Bertz CT molecular complexity index is 243. The fourth-order valence-electron chi connectivity index (χ4n) is 0.750. The Kier molecular flexibility index (Phi) is 2.68. The molecule has 0 aromatic rings. The van der Waals surface area contributed by atoms with Crippen LogP contribution >= 0.6 is 11.6 Å². The highest BCUT2D eigenvalue weighted by Crippen LogP contribution is 2.19. The summed E-state index contributed by atoms with van der Waals surface area (Å²) in [7, 11) is 0. The van der Waals surface area contributed by atoms with E-state index in [1.54, 1.807) is 6.08 Å². The van der Waals surface area contributed by atoms with Crippen LogP contribution in [0.15, 0.2) is 34.8 Å². The molecule has 60 valence electrons. The van der Waals surface area contributed by atoms with Crippen molar-refractivity contribution in [1.29, 1.82) is 0 Å². The van der Waals surface area contributed by atoms with Gasteiger partial charge in [0.1, 0.15) is 5.83 Å². The van der Waals surface area contributed by atoms with E-state index in [9.17, 15) is 4.39 Å². The fourth-order valence-corrected chi connectivity index (χ4v) is 0.945. The highest BCUT2D eigenvalue weighted by Gasteiger charge is 2.03. The van der Waals surface area contributed by atoms with Gasteiger partial charge in [0, 0.05) is 12.1 Å². The summed E-state index contributed by atoms with van der Waals surface area (Å²) < 4.78 is 12.7. The van der Waals surface area contributed by atoms with Crippen LogP contribution in [0.2, 0.25) is 0 Å². The first kappa shape index (κ1) is 8.30. The number of hydrazine groups is 1.